The van der Waals surface area contributed by atoms with Crippen LogP contribution in [0.3, 0.4) is 0 Å². The Morgan fingerprint density at radius 3 is 2.62 bits per heavy atom. The Hall–Kier alpha value is -2.80. The van der Waals surface area contributed by atoms with Crippen LogP contribution in [0.25, 0.3) is 0 Å². The number of ether oxygens (including phenoxy) is 1. The van der Waals surface area contributed by atoms with Crippen molar-refractivity contribution in [3.63, 3.8) is 0 Å². The number of amides is 2. The third-order valence-corrected chi connectivity index (χ3v) is 4.41. The first-order chi connectivity index (χ1) is 12.5. The zero-order chi connectivity index (χ0) is 18.5. The number of aromatic nitrogens is 1. The number of pyridine rings is 1. The number of carbonyl (C=O) groups excluding carboxylic acids is 1. The number of nitrogens with zero attached hydrogens (tertiary/aromatic N) is 1. The second-order valence-electron chi connectivity index (χ2n) is 6.02. The van der Waals surface area contributed by atoms with E-state index < -0.39 is 6.09 Å². The minimum atomic E-state index is -1.17. The maximum absolute atomic E-state index is 12.2. The van der Waals surface area contributed by atoms with E-state index in [1.165, 1.54) is 12.3 Å². The number of benzene rings is 1. The first-order valence-corrected chi connectivity index (χ1v) is 8.63. The molecule has 3 N–H and O–H groups in total. The molecule has 0 spiro atoms. The summed E-state index contributed by atoms with van der Waals surface area (Å²) in [4.78, 5) is 27.0. The molecule has 1 aromatic carbocycles. The molecule has 1 aliphatic rings. The SMILES string of the molecule is O=C(O)Nc1ccc(Oc2ccnc(NC(=O)C3CCCC3)c2)c(Cl)c1. The van der Waals surface area contributed by atoms with Gasteiger partial charge in [-0.1, -0.05) is 24.4 Å². The van der Waals surface area contributed by atoms with Crippen molar-refractivity contribution in [3.8, 4) is 11.5 Å². The predicted molar refractivity (Wildman–Crippen MR) is 98.0 cm³/mol. The molecule has 8 heteroatoms. The van der Waals surface area contributed by atoms with E-state index in [0.717, 1.165) is 25.7 Å². The Labute approximate surface area is 155 Å². The van der Waals surface area contributed by atoms with Gasteiger partial charge in [0.05, 0.1) is 5.02 Å². The van der Waals surface area contributed by atoms with Gasteiger partial charge < -0.3 is 15.2 Å². The van der Waals surface area contributed by atoms with Crippen molar-refractivity contribution in [2.24, 2.45) is 5.92 Å². The second-order valence-corrected chi connectivity index (χ2v) is 6.43. The number of anilines is 2. The molecule has 7 nitrogen and oxygen atoms in total. The van der Waals surface area contributed by atoms with Gasteiger partial charge in [0.15, 0.2) is 0 Å². The Morgan fingerprint density at radius 1 is 1.15 bits per heavy atom. The molecule has 1 fully saturated rings. The Balaban J connectivity index is 1.68. The highest BCUT2D eigenvalue weighted by molar-refractivity contribution is 6.32. The molecule has 0 atom stereocenters. The fourth-order valence-corrected chi connectivity index (χ4v) is 3.09. The molecule has 1 aromatic heterocycles. The van der Waals surface area contributed by atoms with Gasteiger partial charge >= 0.3 is 6.09 Å². The Morgan fingerprint density at radius 2 is 1.92 bits per heavy atom. The number of carbonyl (C=O) groups is 2. The van der Waals surface area contributed by atoms with Crippen LogP contribution in [0.5, 0.6) is 11.5 Å². The second kappa shape index (κ2) is 8.05. The lowest BCUT2D eigenvalue weighted by Gasteiger charge is -2.12. The van der Waals surface area contributed by atoms with Crippen LogP contribution in [0, 0.1) is 5.92 Å². The molecule has 2 aromatic rings. The molecular weight excluding hydrogens is 358 g/mol. The summed E-state index contributed by atoms with van der Waals surface area (Å²) in [7, 11) is 0. The van der Waals surface area contributed by atoms with Crippen LogP contribution in [0.1, 0.15) is 25.7 Å². The summed E-state index contributed by atoms with van der Waals surface area (Å²) in [5, 5.41) is 14.0. The number of halogens is 1. The molecule has 1 heterocycles. The van der Waals surface area contributed by atoms with Gasteiger partial charge in [-0.2, -0.15) is 0 Å². The number of rotatable bonds is 5. The summed E-state index contributed by atoms with van der Waals surface area (Å²) in [6.07, 6.45) is 4.35. The van der Waals surface area contributed by atoms with E-state index >= 15 is 0 Å². The van der Waals surface area contributed by atoms with Crippen molar-refractivity contribution < 1.29 is 19.4 Å². The van der Waals surface area contributed by atoms with E-state index in [1.54, 1.807) is 24.3 Å². The zero-order valence-corrected chi connectivity index (χ0v) is 14.6. The average Bonchev–Trinajstić information content (AvgIpc) is 3.12. The van der Waals surface area contributed by atoms with Crippen molar-refractivity contribution in [1.82, 2.24) is 4.98 Å². The summed E-state index contributed by atoms with van der Waals surface area (Å²) in [5.74, 6) is 1.27. The maximum Gasteiger partial charge on any atom is 0.409 e. The minimum absolute atomic E-state index is 0.0192. The average molecular weight is 376 g/mol. The quantitative estimate of drug-likeness (QED) is 0.700. The van der Waals surface area contributed by atoms with Crippen LogP contribution in [0.4, 0.5) is 16.3 Å². The van der Waals surface area contributed by atoms with Crippen molar-refractivity contribution in [2.45, 2.75) is 25.7 Å². The molecule has 136 valence electrons. The van der Waals surface area contributed by atoms with Crippen LogP contribution in [-0.4, -0.2) is 22.1 Å². The molecule has 0 bridgehead atoms. The summed E-state index contributed by atoms with van der Waals surface area (Å²) in [6.45, 7) is 0. The van der Waals surface area contributed by atoms with Gasteiger partial charge in [0, 0.05) is 23.9 Å². The maximum atomic E-state index is 12.2. The van der Waals surface area contributed by atoms with Crippen LogP contribution in [0.2, 0.25) is 5.02 Å². The van der Waals surface area contributed by atoms with E-state index in [1.807, 2.05) is 0 Å². The topological polar surface area (TPSA) is 101 Å². The lowest BCUT2D eigenvalue weighted by atomic mass is 10.1. The third-order valence-electron chi connectivity index (χ3n) is 4.12. The number of nitrogens with one attached hydrogen (secondary N) is 2. The van der Waals surface area contributed by atoms with Gasteiger partial charge in [0.1, 0.15) is 17.3 Å². The summed E-state index contributed by atoms with van der Waals surface area (Å²) in [6, 6.07) is 7.82. The van der Waals surface area contributed by atoms with Crippen LogP contribution < -0.4 is 15.4 Å². The predicted octanol–water partition coefficient (Wildman–Crippen LogP) is 4.75. The molecule has 0 radical (unpaired) electrons. The first kappa shape index (κ1) is 18.0. The lowest BCUT2D eigenvalue weighted by molar-refractivity contribution is -0.119. The number of hydrogen-bond donors (Lipinski definition) is 3. The van der Waals surface area contributed by atoms with Crippen LogP contribution in [-0.2, 0) is 4.79 Å². The van der Waals surface area contributed by atoms with E-state index in [4.69, 9.17) is 21.4 Å². The van der Waals surface area contributed by atoms with E-state index in [2.05, 4.69) is 15.6 Å². The first-order valence-electron chi connectivity index (χ1n) is 8.25. The number of hydrogen-bond acceptors (Lipinski definition) is 4. The molecule has 0 unspecified atom stereocenters. The highest BCUT2D eigenvalue weighted by Crippen LogP contribution is 2.32. The minimum Gasteiger partial charge on any atom is -0.465 e. The van der Waals surface area contributed by atoms with Gasteiger partial charge in [-0.05, 0) is 37.1 Å². The van der Waals surface area contributed by atoms with Crippen molar-refractivity contribution >= 4 is 35.1 Å². The smallest absolute Gasteiger partial charge is 0.409 e. The Kier molecular flexibility index (Phi) is 5.58. The van der Waals surface area contributed by atoms with Gasteiger partial charge in [-0.25, -0.2) is 9.78 Å². The molecule has 26 heavy (non-hydrogen) atoms. The summed E-state index contributed by atoms with van der Waals surface area (Å²) in [5.41, 5.74) is 0.342. The van der Waals surface area contributed by atoms with Crippen molar-refractivity contribution in [1.29, 1.82) is 0 Å². The third kappa shape index (κ3) is 4.64. The molecule has 3 rings (SSSR count). The summed E-state index contributed by atoms with van der Waals surface area (Å²) >= 11 is 6.13. The number of carboxylic acid groups (broad SMARTS) is 1. The van der Waals surface area contributed by atoms with Crippen LogP contribution in [0.15, 0.2) is 36.5 Å². The molecule has 2 amide bonds. The van der Waals surface area contributed by atoms with Crippen molar-refractivity contribution in [2.75, 3.05) is 10.6 Å². The molecular formula is C18H18ClN3O4. The largest absolute Gasteiger partial charge is 0.465 e. The van der Waals surface area contributed by atoms with E-state index in [-0.39, 0.29) is 16.8 Å². The van der Waals surface area contributed by atoms with E-state index in [9.17, 15) is 9.59 Å². The monoisotopic (exact) mass is 375 g/mol. The van der Waals surface area contributed by atoms with Gasteiger partial charge in [0.25, 0.3) is 0 Å². The molecule has 1 saturated carbocycles. The standard InChI is InChI=1S/C18H18ClN3O4/c19-14-9-12(21-18(24)25)5-6-15(14)26-13-7-8-20-16(10-13)22-17(23)11-3-1-2-4-11/h5-11,21H,1-4H2,(H,24,25)(H,20,22,23). The lowest BCUT2D eigenvalue weighted by Crippen LogP contribution is -2.20. The van der Waals surface area contributed by atoms with Crippen LogP contribution >= 0.6 is 11.6 Å². The van der Waals surface area contributed by atoms with Gasteiger partial charge in [-0.15, -0.1) is 0 Å². The molecule has 0 aliphatic heterocycles. The van der Waals surface area contributed by atoms with Gasteiger partial charge in [0.2, 0.25) is 5.91 Å². The van der Waals surface area contributed by atoms with E-state index in [0.29, 0.717) is 23.0 Å². The highest BCUT2D eigenvalue weighted by Gasteiger charge is 2.23. The van der Waals surface area contributed by atoms with Crippen molar-refractivity contribution in [3.05, 3.63) is 41.6 Å². The molecule has 1 aliphatic carbocycles. The fraction of sp³-hybridized carbons (Fsp3) is 0.278. The Bertz CT molecular complexity index is 822. The van der Waals surface area contributed by atoms with Gasteiger partial charge in [-0.3, -0.25) is 10.1 Å². The zero-order valence-electron chi connectivity index (χ0n) is 13.9. The highest BCUT2D eigenvalue weighted by atomic mass is 35.5. The fourth-order valence-electron chi connectivity index (χ4n) is 2.87. The molecule has 0 saturated heterocycles. The summed E-state index contributed by atoms with van der Waals surface area (Å²) < 4.78 is 5.72. The normalized spacial score (nSPS) is 14.0.